The van der Waals surface area contributed by atoms with Crippen molar-refractivity contribution in [2.75, 3.05) is 33.4 Å². The summed E-state index contributed by atoms with van der Waals surface area (Å²) in [5, 5.41) is 2.82. The van der Waals surface area contributed by atoms with Crippen molar-refractivity contribution in [3.63, 3.8) is 0 Å². The number of carbonyl (C=O) groups excluding carboxylic acids is 2. The van der Waals surface area contributed by atoms with Crippen molar-refractivity contribution in [1.82, 2.24) is 5.32 Å². The molecule has 0 bridgehead atoms. The van der Waals surface area contributed by atoms with Crippen LogP contribution in [-0.2, 0) is 32.7 Å². The lowest BCUT2D eigenvalue weighted by molar-refractivity contribution is -0.161. The van der Waals surface area contributed by atoms with E-state index in [1.54, 1.807) is 7.05 Å². The lowest BCUT2D eigenvalue weighted by atomic mass is 10.0. The summed E-state index contributed by atoms with van der Waals surface area (Å²) in [5.74, 6) is -0.877. The van der Waals surface area contributed by atoms with Crippen molar-refractivity contribution in [2.24, 2.45) is 0 Å². The largest absolute Gasteiger partial charge is 0.472 e. The molecule has 0 heterocycles. The van der Waals surface area contributed by atoms with Crippen LogP contribution < -0.4 is 5.32 Å². The average Bonchev–Trinajstić information content (AvgIpc) is 3.23. The minimum Gasteiger partial charge on any atom is -0.462 e. The number of phosphoric ester groups is 1. The quantitative estimate of drug-likeness (QED) is 0.0267. The first-order chi connectivity index (χ1) is 29.3. The number of unbranched alkanes of at least 4 members (excludes halogenated alkanes) is 18. The zero-order valence-corrected chi connectivity index (χ0v) is 39.3. The third kappa shape index (κ3) is 45.0. The van der Waals surface area contributed by atoms with Gasteiger partial charge in [0.2, 0.25) is 0 Å². The van der Waals surface area contributed by atoms with Crippen LogP contribution in [-0.4, -0.2) is 56.3 Å². The van der Waals surface area contributed by atoms with Crippen LogP contribution in [0.15, 0.2) is 72.9 Å². The molecule has 0 radical (unpaired) electrons. The Hall–Kier alpha value is -2.55. The van der Waals surface area contributed by atoms with E-state index in [9.17, 15) is 19.0 Å². The highest BCUT2D eigenvalue weighted by molar-refractivity contribution is 7.47. The fourth-order valence-corrected chi connectivity index (χ4v) is 6.98. The molecule has 0 aliphatic heterocycles. The summed E-state index contributed by atoms with van der Waals surface area (Å²) >= 11 is 0. The first-order valence-electron chi connectivity index (χ1n) is 23.9. The Kier molecular flexibility index (Phi) is 44.0. The van der Waals surface area contributed by atoms with Crippen LogP contribution in [0, 0.1) is 0 Å². The standard InChI is InChI=1S/C50H88NO8P/c1-4-6-8-10-12-14-16-18-20-22-23-24-25-27-28-30-32-34-36-38-40-42-49(52)56-46-48(47-58-60(54,55)57-45-44-51-3)59-50(53)43-41-39-37-35-33-31-29-26-21-19-17-15-13-11-9-7-5-2/h7,9,13,15,18-21,29,31,35,37,48,51H,4-6,8,10-12,14,16-17,22-28,30,32-34,36,38-47H2,1-3H3,(H,54,55)/b9-7-,15-13-,20-18-,21-19-,31-29-,37-35-. The molecule has 0 saturated heterocycles. The zero-order chi connectivity index (χ0) is 43.9. The molecule has 0 aromatic rings. The Labute approximate surface area is 367 Å². The predicted octanol–water partition coefficient (Wildman–Crippen LogP) is 14.1. The highest BCUT2D eigenvalue weighted by Gasteiger charge is 2.26. The predicted molar refractivity (Wildman–Crippen MR) is 252 cm³/mol. The molecule has 0 aliphatic carbocycles. The molecule has 2 unspecified atom stereocenters. The monoisotopic (exact) mass is 862 g/mol. The Morgan fingerprint density at radius 3 is 1.48 bits per heavy atom. The number of likely N-dealkylation sites (N-methyl/N-ethyl adjacent to an activating group) is 1. The van der Waals surface area contributed by atoms with Gasteiger partial charge in [0.15, 0.2) is 6.10 Å². The van der Waals surface area contributed by atoms with Gasteiger partial charge in [0.05, 0.1) is 13.2 Å². The number of esters is 2. The molecule has 0 spiro atoms. The van der Waals surface area contributed by atoms with Crippen molar-refractivity contribution in [2.45, 2.75) is 200 Å². The summed E-state index contributed by atoms with van der Waals surface area (Å²) in [5.41, 5.74) is 0. The normalized spacial score (nSPS) is 13.9. The van der Waals surface area contributed by atoms with Gasteiger partial charge in [-0.05, 0) is 84.1 Å². The summed E-state index contributed by atoms with van der Waals surface area (Å²) in [4.78, 5) is 35.1. The van der Waals surface area contributed by atoms with Gasteiger partial charge in [-0.1, -0.05) is 177 Å². The molecular weight excluding hydrogens is 774 g/mol. The molecule has 0 rings (SSSR count). The maximum atomic E-state index is 12.6. The summed E-state index contributed by atoms with van der Waals surface area (Å²) in [6.07, 6.45) is 55.3. The molecule has 2 atom stereocenters. The Morgan fingerprint density at radius 2 is 0.967 bits per heavy atom. The van der Waals surface area contributed by atoms with E-state index in [4.69, 9.17) is 18.5 Å². The molecule has 60 heavy (non-hydrogen) atoms. The number of rotatable bonds is 44. The highest BCUT2D eigenvalue weighted by atomic mass is 31.2. The van der Waals surface area contributed by atoms with Crippen molar-refractivity contribution in [1.29, 1.82) is 0 Å². The number of hydrogen-bond acceptors (Lipinski definition) is 8. The maximum absolute atomic E-state index is 12.6. The van der Waals surface area contributed by atoms with Crippen LogP contribution in [0.3, 0.4) is 0 Å². The lowest BCUT2D eigenvalue weighted by Gasteiger charge is -2.20. The minimum atomic E-state index is -4.37. The zero-order valence-electron chi connectivity index (χ0n) is 38.4. The molecule has 0 amide bonds. The van der Waals surface area contributed by atoms with Gasteiger partial charge >= 0.3 is 19.8 Å². The molecule has 0 aromatic heterocycles. The second kappa shape index (κ2) is 46.0. The third-order valence-electron chi connectivity index (χ3n) is 9.81. The first-order valence-corrected chi connectivity index (χ1v) is 25.4. The van der Waals surface area contributed by atoms with E-state index in [2.05, 4.69) is 86.0 Å². The number of allylic oxidation sites excluding steroid dienone is 12. The fraction of sp³-hybridized carbons (Fsp3) is 0.720. The molecule has 346 valence electrons. The van der Waals surface area contributed by atoms with Crippen molar-refractivity contribution in [3.8, 4) is 0 Å². The maximum Gasteiger partial charge on any atom is 0.472 e. The summed E-state index contributed by atoms with van der Waals surface area (Å²) in [7, 11) is -2.68. The van der Waals surface area contributed by atoms with Gasteiger partial charge in [-0.3, -0.25) is 18.6 Å². The molecular formula is C50H88NO8P. The van der Waals surface area contributed by atoms with Gasteiger partial charge in [0.1, 0.15) is 6.61 Å². The second-order valence-corrected chi connectivity index (χ2v) is 17.0. The van der Waals surface area contributed by atoms with Gasteiger partial charge in [-0.25, -0.2) is 4.57 Å². The molecule has 0 fully saturated rings. The van der Waals surface area contributed by atoms with Gasteiger partial charge in [0, 0.05) is 19.4 Å². The van der Waals surface area contributed by atoms with Crippen LogP contribution in [0.1, 0.15) is 194 Å². The number of ether oxygens (including phenoxy) is 2. The van der Waals surface area contributed by atoms with Crippen LogP contribution in [0.4, 0.5) is 0 Å². The average molecular weight is 862 g/mol. The first kappa shape index (κ1) is 57.4. The Morgan fingerprint density at radius 1 is 0.533 bits per heavy atom. The molecule has 0 saturated carbocycles. The minimum absolute atomic E-state index is 0.0306. The number of hydrogen-bond donors (Lipinski definition) is 2. The SMILES string of the molecule is CC/C=C\C/C=C\C/C=C\C/C=C\C/C=C\CCCC(=O)OC(COC(=O)CCCCCCCCCCCCC/C=C\CCCCCCCC)COP(=O)(O)OCCNC. The van der Waals surface area contributed by atoms with Crippen molar-refractivity contribution >= 4 is 19.8 Å². The van der Waals surface area contributed by atoms with Crippen LogP contribution in [0.25, 0.3) is 0 Å². The van der Waals surface area contributed by atoms with Gasteiger partial charge in [0.25, 0.3) is 0 Å². The second-order valence-electron chi connectivity index (χ2n) is 15.6. The lowest BCUT2D eigenvalue weighted by Crippen LogP contribution is -2.29. The van der Waals surface area contributed by atoms with Crippen LogP contribution in [0.2, 0.25) is 0 Å². The van der Waals surface area contributed by atoms with Crippen molar-refractivity contribution in [3.05, 3.63) is 72.9 Å². The van der Waals surface area contributed by atoms with Gasteiger partial charge in [-0.15, -0.1) is 0 Å². The van der Waals surface area contributed by atoms with Gasteiger partial charge in [-0.2, -0.15) is 0 Å². The fourth-order valence-electron chi connectivity index (χ4n) is 6.23. The highest BCUT2D eigenvalue weighted by Crippen LogP contribution is 2.43. The van der Waals surface area contributed by atoms with E-state index in [1.165, 1.54) is 103 Å². The number of phosphoric acid groups is 1. The molecule has 10 heteroatoms. The van der Waals surface area contributed by atoms with E-state index < -0.39 is 26.5 Å². The van der Waals surface area contributed by atoms with E-state index in [1.807, 2.05) is 6.08 Å². The summed E-state index contributed by atoms with van der Waals surface area (Å²) in [6.45, 7) is 4.04. The molecule has 2 N–H and O–H groups in total. The van der Waals surface area contributed by atoms with E-state index in [-0.39, 0.29) is 32.0 Å². The Bertz CT molecular complexity index is 1210. The van der Waals surface area contributed by atoms with E-state index in [0.717, 1.165) is 51.4 Å². The number of carbonyl (C=O) groups is 2. The van der Waals surface area contributed by atoms with Crippen LogP contribution >= 0.6 is 7.82 Å². The van der Waals surface area contributed by atoms with Crippen LogP contribution in [0.5, 0.6) is 0 Å². The van der Waals surface area contributed by atoms with E-state index >= 15 is 0 Å². The Balaban J connectivity index is 4.22. The number of nitrogens with one attached hydrogen (secondary N) is 1. The smallest absolute Gasteiger partial charge is 0.462 e. The topological polar surface area (TPSA) is 120 Å². The van der Waals surface area contributed by atoms with Crippen molar-refractivity contribution < 1.29 is 37.6 Å². The molecule has 0 aliphatic rings. The van der Waals surface area contributed by atoms with Gasteiger partial charge < -0.3 is 19.7 Å². The van der Waals surface area contributed by atoms with E-state index in [0.29, 0.717) is 19.4 Å². The molecule has 0 aromatic carbocycles. The summed E-state index contributed by atoms with van der Waals surface area (Å²) in [6, 6.07) is 0. The molecule has 9 nitrogen and oxygen atoms in total. The summed E-state index contributed by atoms with van der Waals surface area (Å²) < 4.78 is 33.2. The third-order valence-corrected chi connectivity index (χ3v) is 10.8.